The van der Waals surface area contributed by atoms with Crippen LogP contribution in [0.2, 0.25) is 0 Å². The molecule has 0 aromatic carbocycles. The Hall–Kier alpha value is -0.830. The SMILES string of the molecule is C[C@@H]1CCCN(CCn2ccnc2)C1. The van der Waals surface area contributed by atoms with Gasteiger partial charge in [0.2, 0.25) is 0 Å². The average molecular weight is 193 g/mol. The molecule has 0 radical (unpaired) electrons. The molecule has 1 aliphatic rings. The van der Waals surface area contributed by atoms with Crippen molar-refractivity contribution in [3.05, 3.63) is 18.7 Å². The van der Waals surface area contributed by atoms with E-state index >= 15 is 0 Å². The highest BCUT2D eigenvalue weighted by atomic mass is 15.2. The van der Waals surface area contributed by atoms with Gasteiger partial charge in [-0.2, -0.15) is 0 Å². The first-order valence-corrected chi connectivity index (χ1v) is 5.52. The Bertz CT molecular complexity index is 256. The summed E-state index contributed by atoms with van der Waals surface area (Å²) < 4.78 is 2.15. The number of aromatic nitrogens is 2. The zero-order valence-corrected chi connectivity index (χ0v) is 8.89. The number of nitrogens with zero attached hydrogens (tertiary/aromatic N) is 3. The fourth-order valence-electron chi connectivity index (χ4n) is 2.17. The van der Waals surface area contributed by atoms with E-state index in [1.54, 1.807) is 0 Å². The van der Waals surface area contributed by atoms with Crippen LogP contribution >= 0.6 is 0 Å². The van der Waals surface area contributed by atoms with E-state index in [1.165, 1.54) is 32.5 Å². The van der Waals surface area contributed by atoms with Gasteiger partial charge in [-0.05, 0) is 25.3 Å². The Morgan fingerprint density at radius 1 is 1.43 bits per heavy atom. The normalized spacial score (nSPS) is 23.9. The van der Waals surface area contributed by atoms with Gasteiger partial charge >= 0.3 is 0 Å². The summed E-state index contributed by atoms with van der Waals surface area (Å²) in [6.45, 7) is 7.14. The first kappa shape index (κ1) is 9.71. The predicted octanol–water partition coefficient (Wildman–Crippen LogP) is 1.61. The van der Waals surface area contributed by atoms with Crippen LogP contribution in [0.25, 0.3) is 0 Å². The van der Waals surface area contributed by atoms with E-state index in [0.29, 0.717) is 0 Å². The molecule has 0 saturated carbocycles. The average Bonchev–Trinajstić information content (AvgIpc) is 2.67. The lowest BCUT2D eigenvalue weighted by Gasteiger charge is -2.30. The first-order valence-electron chi connectivity index (χ1n) is 5.52. The van der Waals surface area contributed by atoms with Crippen LogP contribution in [-0.4, -0.2) is 34.1 Å². The minimum atomic E-state index is 0.881. The number of piperidine rings is 1. The summed E-state index contributed by atoms with van der Waals surface area (Å²) in [6.07, 6.45) is 8.55. The van der Waals surface area contributed by atoms with Gasteiger partial charge in [0.25, 0.3) is 0 Å². The Morgan fingerprint density at radius 3 is 3.07 bits per heavy atom. The zero-order valence-electron chi connectivity index (χ0n) is 8.89. The minimum absolute atomic E-state index is 0.881. The minimum Gasteiger partial charge on any atom is -0.336 e. The number of likely N-dealkylation sites (tertiary alicyclic amines) is 1. The third kappa shape index (κ3) is 2.58. The second-order valence-electron chi connectivity index (χ2n) is 4.35. The Labute approximate surface area is 85.7 Å². The summed E-state index contributed by atoms with van der Waals surface area (Å²) in [6, 6.07) is 0. The van der Waals surface area contributed by atoms with Crippen molar-refractivity contribution >= 4 is 0 Å². The summed E-state index contributed by atoms with van der Waals surface area (Å²) in [4.78, 5) is 6.61. The molecule has 1 atom stereocenters. The molecule has 2 heterocycles. The van der Waals surface area contributed by atoms with E-state index in [4.69, 9.17) is 0 Å². The van der Waals surface area contributed by atoms with E-state index < -0.39 is 0 Å². The summed E-state index contributed by atoms with van der Waals surface area (Å²) in [5.74, 6) is 0.881. The molecule has 2 rings (SSSR count). The van der Waals surface area contributed by atoms with E-state index in [1.807, 2.05) is 18.7 Å². The van der Waals surface area contributed by atoms with Crippen LogP contribution in [0.4, 0.5) is 0 Å². The summed E-state index contributed by atoms with van der Waals surface area (Å²) in [5, 5.41) is 0. The van der Waals surface area contributed by atoms with Crippen molar-refractivity contribution in [1.29, 1.82) is 0 Å². The molecule has 1 aromatic heterocycles. The van der Waals surface area contributed by atoms with Gasteiger partial charge in [-0.25, -0.2) is 4.98 Å². The molecule has 0 unspecified atom stereocenters. The highest BCUT2D eigenvalue weighted by Gasteiger charge is 2.15. The fraction of sp³-hybridized carbons (Fsp3) is 0.727. The molecule has 0 aliphatic carbocycles. The van der Waals surface area contributed by atoms with Crippen LogP contribution in [0.3, 0.4) is 0 Å². The van der Waals surface area contributed by atoms with Gasteiger partial charge in [0.1, 0.15) is 0 Å². The largest absolute Gasteiger partial charge is 0.336 e. The third-order valence-corrected chi connectivity index (χ3v) is 2.97. The second-order valence-corrected chi connectivity index (χ2v) is 4.35. The fourth-order valence-corrected chi connectivity index (χ4v) is 2.17. The van der Waals surface area contributed by atoms with Gasteiger partial charge < -0.3 is 9.47 Å². The summed E-state index contributed by atoms with van der Waals surface area (Å²) in [5.41, 5.74) is 0. The van der Waals surface area contributed by atoms with Crippen LogP contribution in [0.15, 0.2) is 18.7 Å². The molecule has 78 valence electrons. The summed E-state index contributed by atoms with van der Waals surface area (Å²) >= 11 is 0. The molecule has 0 bridgehead atoms. The molecule has 3 nitrogen and oxygen atoms in total. The van der Waals surface area contributed by atoms with Crippen molar-refractivity contribution < 1.29 is 0 Å². The summed E-state index contributed by atoms with van der Waals surface area (Å²) in [7, 11) is 0. The zero-order chi connectivity index (χ0) is 9.80. The van der Waals surface area contributed by atoms with Crippen LogP contribution in [0, 0.1) is 5.92 Å². The van der Waals surface area contributed by atoms with Gasteiger partial charge in [-0.3, -0.25) is 0 Å². The molecule has 0 N–H and O–H groups in total. The molecular weight excluding hydrogens is 174 g/mol. The highest BCUT2D eigenvalue weighted by Crippen LogP contribution is 2.14. The lowest BCUT2D eigenvalue weighted by Crippen LogP contribution is -2.36. The standard InChI is InChI=1S/C11H19N3/c1-11-3-2-5-13(9-11)7-8-14-6-4-12-10-14/h4,6,10-11H,2-3,5,7-9H2,1H3/t11-/m1/s1. The number of hydrogen-bond acceptors (Lipinski definition) is 2. The molecule has 14 heavy (non-hydrogen) atoms. The molecule has 1 fully saturated rings. The predicted molar refractivity (Wildman–Crippen MR) is 57.1 cm³/mol. The Balaban J connectivity index is 1.75. The molecule has 0 spiro atoms. The molecule has 0 amide bonds. The van der Waals surface area contributed by atoms with Crippen molar-refractivity contribution in [2.24, 2.45) is 5.92 Å². The maximum absolute atomic E-state index is 4.05. The van der Waals surface area contributed by atoms with Crippen LogP contribution in [-0.2, 0) is 6.54 Å². The van der Waals surface area contributed by atoms with Crippen molar-refractivity contribution in [2.45, 2.75) is 26.3 Å². The van der Waals surface area contributed by atoms with Gasteiger partial charge in [-0.1, -0.05) is 6.92 Å². The van der Waals surface area contributed by atoms with Crippen LogP contribution in [0.1, 0.15) is 19.8 Å². The maximum atomic E-state index is 4.05. The van der Waals surface area contributed by atoms with Crippen molar-refractivity contribution in [2.75, 3.05) is 19.6 Å². The molecule has 1 aliphatic heterocycles. The Kier molecular flexibility index (Phi) is 3.19. The van der Waals surface area contributed by atoms with Gasteiger partial charge in [0, 0.05) is 32.0 Å². The second kappa shape index (κ2) is 4.60. The Morgan fingerprint density at radius 2 is 2.36 bits per heavy atom. The lowest BCUT2D eigenvalue weighted by molar-refractivity contribution is 0.178. The van der Waals surface area contributed by atoms with Crippen molar-refractivity contribution in [3.63, 3.8) is 0 Å². The number of hydrogen-bond donors (Lipinski definition) is 0. The quantitative estimate of drug-likeness (QED) is 0.727. The van der Waals surface area contributed by atoms with Gasteiger partial charge in [0.05, 0.1) is 6.33 Å². The van der Waals surface area contributed by atoms with E-state index in [2.05, 4.69) is 21.4 Å². The first-order chi connectivity index (χ1) is 6.84. The molecule has 3 heteroatoms. The number of rotatable bonds is 3. The molecule has 1 aromatic rings. The lowest BCUT2D eigenvalue weighted by atomic mass is 10.0. The van der Waals surface area contributed by atoms with E-state index in [0.717, 1.165) is 12.5 Å². The topological polar surface area (TPSA) is 21.1 Å². The number of imidazole rings is 1. The molecule has 1 saturated heterocycles. The smallest absolute Gasteiger partial charge is 0.0946 e. The van der Waals surface area contributed by atoms with Crippen molar-refractivity contribution in [1.82, 2.24) is 14.5 Å². The third-order valence-electron chi connectivity index (χ3n) is 2.97. The molecular formula is C11H19N3. The van der Waals surface area contributed by atoms with Crippen LogP contribution < -0.4 is 0 Å². The monoisotopic (exact) mass is 193 g/mol. The van der Waals surface area contributed by atoms with Gasteiger partial charge in [0.15, 0.2) is 0 Å². The van der Waals surface area contributed by atoms with Crippen LogP contribution in [0.5, 0.6) is 0 Å². The van der Waals surface area contributed by atoms with E-state index in [9.17, 15) is 0 Å². The van der Waals surface area contributed by atoms with E-state index in [-0.39, 0.29) is 0 Å². The maximum Gasteiger partial charge on any atom is 0.0946 e. The van der Waals surface area contributed by atoms with Gasteiger partial charge in [-0.15, -0.1) is 0 Å². The van der Waals surface area contributed by atoms with Crippen molar-refractivity contribution in [3.8, 4) is 0 Å². The highest BCUT2D eigenvalue weighted by molar-refractivity contribution is 4.76.